The highest BCUT2D eigenvalue weighted by Crippen LogP contribution is 2.18. The first kappa shape index (κ1) is 15.8. The van der Waals surface area contributed by atoms with Gasteiger partial charge in [-0.15, -0.1) is 0 Å². The van der Waals surface area contributed by atoms with Gasteiger partial charge in [0, 0.05) is 12.2 Å². The van der Waals surface area contributed by atoms with Crippen LogP contribution in [-0.4, -0.2) is 42.7 Å². The summed E-state index contributed by atoms with van der Waals surface area (Å²) in [5.74, 6) is -1.37. The van der Waals surface area contributed by atoms with Gasteiger partial charge < -0.3 is 5.11 Å². The van der Waals surface area contributed by atoms with Crippen molar-refractivity contribution >= 4 is 21.7 Å². The van der Waals surface area contributed by atoms with Crippen molar-refractivity contribution in [3.63, 3.8) is 0 Å². The molecule has 1 saturated heterocycles. The summed E-state index contributed by atoms with van der Waals surface area (Å²) < 4.78 is 26.1. The Morgan fingerprint density at radius 1 is 1.38 bits per heavy atom. The van der Waals surface area contributed by atoms with Gasteiger partial charge in [-0.2, -0.15) is 0 Å². The predicted molar refractivity (Wildman–Crippen MR) is 80.6 cm³/mol. The zero-order valence-corrected chi connectivity index (χ0v) is 12.8. The molecule has 116 valence electrons. The maximum absolute atomic E-state index is 11.9. The third kappa shape index (κ3) is 4.18. The molecule has 1 fully saturated rings. The summed E-state index contributed by atoms with van der Waals surface area (Å²) in [5, 5.41) is 7.33. The fourth-order valence-corrected chi connectivity index (χ4v) is 3.22. The number of nitrogens with one attached hydrogen (secondary N) is 1. The van der Waals surface area contributed by atoms with Crippen molar-refractivity contribution in [3.05, 3.63) is 29.8 Å². The predicted octanol–water partition coefficient (Wildman–Crippen LogP) is 1.50. The van der Waals surface area contributed by atoms with E-state index in [0.717, 1.165) is 32.1 Å². The standard InChI is InChI=1S/C14H20N2O4S/c1-11(14(17)18)21(19,20)15-13-6-4-5-12(9-13)10-16-7-2-3-8-16/h4-6,9,11,15H,2-3,7-8,10H2,1H3,(H,17,18). The van der Waals surface area contributed by atoms with E-state index in [2.05, 4.69) is 9.62 Å². The normalized spacial score (nSPS) is 17.6. The molecule has 1 heterocycles. The van der Waals surface area contributed by atoms with E-state index in [9.17, 15) is 13.2 Å². The van der Waals surface area contributed by atoms with Crippen LogP contribution in [0.5, 0.6) is 0 Å². The fraction of sp³-hybridized carbons (Fsp3) is 0.500. The second-order valence-electron chi connectivity index (χ2n) is 5.31. The summed E-state index contributed by atoms with van der Waals surface area (Å²) in [5.41, 5.74) is 1.42. The van der Waals surface area contributed by atoms with Gasteiger partial charge in [0.05, 0.1) is 0 Å². The largest absolute Gasteiger partial charge is 0.480 e. The summed E-state index contributed by atoms with van der Waals surface area (Å²) >= 11 is 0. The van der Waals surface area contributed by atoms with Crippen LogP contribution in [-0.2, 0) is 21.4 Å². The SMILES string of the molecule is CC(C(=O)O)S(=O)(=O)Nc1cccc(CN2CCCC2)c1. The Morgan fingerprint density at radius 3 is 2.67 bits per heavy atom. The van der Waals surface area contributed by atoms with Gasteiger partial charge in [-0.25, -0.2) is 8.42 Å². The summed E-state index contributed by atoms with van der Waals surface area (Å²) in [4.78, 5) is 13.1. The van der Waals surface area contributed by atoms with E-state index >= 15 is 0 Å². The summed E-state index contributed by atoms with van der Waals surface area (Å²) in [6.07, 6.45) is 2.39. The molecule has 0 aromatic heterocycles. The molecule has 0 radical (unpaired) electrons. The number of carboxylic acid groups (broad SMARTS) is 1. The minimum atomic E-state index is -3.92. The fourth-order valence-electron chi connectivity index (χ4n) is 2.32. The number of aliphatic carboxylic acids is 1. The van der Waals surface area contributed by atoms with Crippen LogP contribution < -0.4 is 4.72 Å². The number of benzene rings is 1. The molecule has 0 amide bonds. The Kier molecular flexibility index (Phi) is 4.84. The number of hydrogen-bond donors (Lipinski definition) is 2. The lowest BCUT2D eigenvalue weighted by molar-refractivity contribution is -0.136. The quantitative estimate of drug-likeness (QED) is 0.831. The van der Waals surface area contributed by atoms with Gasteiger partial charge in [-0.05, 0) is 50.6 Å². The molecule has 1 aliphatic rings. The highest BCUT2D eigenvalue weighted by Gasteiger charge is 2.27. The summed E-state index contributed by atoms with van der Waals surface area (Å²) in [7, 11) is -3.92. The molecule has 2 N–H and O–H groups in total. The Bertz CT molecular complexity index is 609. The van der Waals surface area contributed by atoms with Gasteiger partial charge in [-0.1, -0.05) is 12.1 Å². The minimum absolute atomic E-state index is 0.403. The van der Waals surface area contributed by atoms with E-state index < -0.39 is 21.2 Å². The summed E-state index contributed by atoms with van der Waals surface area (Å²) in [6, 6.07) is 7.09. The molecule has 0 bridgehead atoms. The van der Waals surface area contributed by atoms with Crippen molar-refractivity contribution in [3.8, 4) is 0 Å². The molecular weight excluding hydrogens is 292 g/mol. The molecule has 2 rings (SSSR count). The zero-order chi connectivity index (χ0) is 15.5. The molecule has 21 heavy (non-hydrogen) atoms. The molecule has 1 atom stereocenters. The van der Waals surface area contributed by atoms with Crippen LogP contribution in [0.15, 0.2) is 24.3 Å². The van der Waals surface area contributed by atoms with Gasteiger partial charge in [0.1, 0.15) is 0 Å². The number of likely N-dealkylation sites (tertiary alicyclic amines) is 1. The third-order valence-corrected chi connectivity index (χ3v) is 5.26. The van der Waals surface area contributed by atoms with E-state index in [1.54, 1.807) is 18.2 Å². The van der Waals surface area contributed by atoms with Crippen molar-refractivity contribution < 1.29 is 18.3 Å². The monoisotopic (exact) mass is 312 g/mol. The minimum Gasteiger partial charge on any atom is -0.480 e. The van der Waals surface area contributed by atoms with Gasteiger partial charge in [0.15, 0.2) is 5.25 Å². The van der Waals surface area contributed by atoms with Crippen molar-refractivity contribution in [1.82, 2.24) is 4.90 Å². The number of carbonyl (C=O) groups is 1. The highest BCUT2D eigenvalue weighted by molar-refractivity contribution is 7.94. The zero-order valence-electron chi connectivity index (χ0n) is 11.9. The molecule has 6 nitrogen and oxygen atoms in total. The maximum Gasteiger partial charge on any atom is 0.323 e. The number of sulfonamides is 1. The van der Waals surface area contributed by atoms with Crippen LogP contribution in [0.2, 0.25) is 0 Å². The van der Waals surface area contributed by atoms with Crippen molar-refractivity contribution in [2.45, 2.75) is 31.6 Å². The maximum atomic E-state index is 11.9. The lowest BCUT2D eigenvalue weighted by Crippen LogP contribution is -2.32. The van der Waals surface area contributed by atoms with E-state index in [4.69, 9.17) is 5.11 Å². The van der Waals surface area contributed by atoms with E-state index in [-0.39, 0.29) is 0 Å². The van der Waals surface area contributed by atoms with Crippen LogP contribution in [0.25, 0.3) is 0 Å². The molecule has 0 spiro atoms. The van der Waals surface area contributed by atoms with Crippen molar-refractivity contribution in [2.75, 3.05) is 17.8 Å². The van der Waals surface area contributed by atoms with Gasteiger partial charge >= 0.3 is 5.97 Å². The lowest BCUT2D eigenvalue weighted by Gasteiger charge is -2.16. The number of anilines is 1. The smallest absolute Gasteiger partial charge is 0.323 e. The second-order valence-corrected chi connectivity index (χ2v) is 7.31. The molecule has 0 saturated carbocycles. The van der Waals surface area contributed by atoms with E-state index in [0.29, 0.717) is 5.69 Å². The summed E-state index contributed by atoms with van der Waals surface area (Å²) in [6.45, 7) is 4.06. The lowest BCUT2D eigenvalue weighted by atomic mass is 10.2. The van der Waals surface area contributed by atoms with Crippen LogP contribution in [0.1, 0.15) is 25.3 Å². The molecular formula is C14H20N2O4S. The van der Waals surface area contributed by atoms with Crippen LogP contribution in [0.4, 0.5) is 5.69 Å². The number of rotatable bonds is 6. The second kappa shape index (κ2) is 6.44. The Balaban J connectivity index is 2.08. The topological polar surface area (TPSA) is 86.7 Å². The molecule has 1 unspecified atom stereocenters. The molecule has 1 aromatic carbocycles. The third-order valence-electron chi connectivity index (χ3n) is 3.61. The van der Waals surface area contributed by atoms with E-state index in [1.807, 2.05) is 6.07 Å². The highest BCUT2D eigenvalue weighted by atomic mass is 32.2. The van der Waals surface area contributed by atoms with Gasteiger partial charge in [0.25, 0.3) is 0 Å². The average Bonchev–Trinajstić information content (AvgIpc) is 2.90. The van der Waals surface area contributed by atoms with Gasteiger partial charge in [-0.3, -0.25) is 14.4 Å². The van der Waals surface area contributed by atoms with Crippen LogP contribution >= 0.6 is 0 Å². The molecule has 1 aliphatic heterocycles. The first-order valence-electron chi connectivity index (χ1n) is 6.94. The molecule has 7 heteroatoms. The average molecular weight is 312 g/mol. The number of carboxylic acids is 1. The number of nitrogens with zero attached hydrogens (tertiary/aromatic N) is 1. The molecule has 0 aliphatic carbocycles. The van der Waals surface area contributed by atoms with Gasteiger partial charge in [0.2, 0.25) is 10.0 Å². The Labute approximate surface area is 124 Å². The number of hydrogen-bond acceptors (Lipinski definition) is 4. The first-order valence-corrected chi connectivity index (χ1v) is 8.49. The Hall–Kier alpha value is -1.60. The first-order chi connectivity index (χ1) is 9.88. The van der Waals surface area contributed by atoms with E-state index in [1.165, 1.54) is 12.8 Å². The molecule has 1 aromatic rings. The Morgan fingerprint density at radius 2 is 2.05 bits per heavy atom. The van der Waals surface area contributed by atoms with Crippen molar-refractivity contribution in [2.24, 2.45) is 0 Å². The van der Waals surface area contributed by atoms with Crippen molar-refractivity contribution in [1.29, 1.82) is 0 Å². The van der Waals surface area contributed by atoms with Crippen LogP contribution in [0, 0.1) is 0 Å². The van der Waals surface area contributed by atoms with Crippen LogP contribution in [0.3, 0.4) is 0 Å².